The predicted molar refractivity (Wildman–Crippen MR) is 57.0 cm³/mol. The summed E-state index contributed by atoms with van der Waals surface area (Å²) in [5, 5.41) is 0.309. The van der Waals surface area contributed by atoms with E-state index < -0.39 is 11.9 Å². The molecule has 0 aromatic heterocycles. The number of nitrogens with zero attached hydrogens (tertiary/aromatic N) is 1. The van der Waals surface area contributed by atoms with E-state index in [4.69, 9.17) is 5.73 Å². The molecule has 1 aliphatic rings. The van der Waals surface area contributed by atoms with Crippen molar-refractivity contribution in [3.05, 3.63) is 0 Å². The second kappa shape index (κ2) is 4.68. The van der Waals surface area contributed by atoms with Gasteiger partial charge in [-0.25, -0.2) is 0 Å². The lowest BCUT2D eigenvalue weighted by Crippen LogP contribution is -2.43. The molecule has 1 saturated heterocycles. The van der Waals surface area contributed by atoms with E-state index in [1.807, 2.05) is 0 Å². The summed E-state index contributed by atoms with van der Waals surface area (Å²) in [6, 6.07) is -0.475. The van der Waals surface area contributed by atoms with Crippen molar-refractivity contribution < 1.29 is 9.59 Å². The Morgan fingerprint density at radius 2 is 2.43 bits per heavy atom. The van der Waals surface area contributed by atoms with Gasteiger partial charge >= 0.3 is 0 Å². The van der Waals surface area contributed by atoms with Crippen LogP contribution in [0.2, 0.25) is 0 Å². The van der Waals surface area contributed by atoms with Gasteiger partial charge in [0.05, 0.1) is 0 Å². The van der Waals surface area contributed by atoms with Crippen LogP contribution in [0.5, 0.6) is 0 Å². The maximum Gasteiger partial charge on any atom is 0.282 e. The lowest BCUT2D eigenvalue weighted by molar-refractivity contribution is -0.121. The molecule has 0 aromatic rings. The molecule has 4 nitrogen and oxygen atoms in total. The first-order valence-electron chi connectivity index (χ1n) is 4.82. The van der Waals surface area contributed by atoms with Crippen molar-refractivity contribution in [2.24, 2.45) is 5.73 Å². The van der Waals surface area contributed by atoms with Gasteiger partial charge in [-0.2, -0.15) is 0 Å². The number of carbonyl (C=O) groups is 2. The fourth-order valence-electron chi connectivity index (χ4n) is 1.48. The second-order valence-corrected chi connectivity index (χ2v) is 4.78. The summed E-state index contributed by atoms with van der Waals surface area (Å²) in [5.74, 6) is -0.434. The number of carbonyl (C=O) groups excluding carboxylic acids is 2. The zero-order valence-electron chi connectivity index (χ0n) is 8.53. The van der Waals surface area contributed by atoms with Crippen molar-refractivity contribution in [1.82, 2.24) is 4.90 Å². The van der Waals surface area contributed by atoms with Crippen molar-refractivity contribution in [3.8, 4) is 0 Å². The lowest BCUT2D eigenvalue weighted by atomic mass is 10.2. The maximum absolute atomic E-state index is 11.5. The summed E-state index contributed by atoms with van der Waals surface area (Å²) in [4.78, 5) is 24.0. The molecule has 2 atom stereocenters. The smallest absolute Gasteiger partial charge is 0.282 e. The quantitative estimate of drug-likeness (QED) is 0.768. The Morgan fingerprint density at radius 3 is 2.93 bits per heavy atom. The fraction of sp³-hybridized carbons (Fsp3) is 0.778. The van der Waals surface area contributed by atoms with Gasteiger partial charge in [0, 0.05) is 11.8 Å². The minimum atomic E-state index is -0.475. The van der Waals surface area contributed by atoms with E-state index in [-0.39, 0.29) is 5.24 Å². The summed E-state index contributed by atoms with van der Waals surface area (Å²) in [5.41, 5.74) is 5.16. The molecule has 1 fully saturated rings. The molecule has 0 aliphatic carbocycles. The zero-order chi connectivity index (χ0) is 10.7. The Labute approximate surface area is 88.2 Å². The number of thioether (sulfide) groups is 1. The minimum Gasteiger partial charge on any atom is -0.368 e. The summed E-state index contributed by atoms with van der Waals surface area (Å²) >= 11 is 1.32. The van der Waals surface area contributed by atoms with Crippen LogP contribution in [-0.4, -0.2) is 33.9 Å². The van der Waals surface area contributed by atoms with E-state index in [1.165, 1.54) is 11.8 Å². The fourth-order valence-corrected chi connectivity index (χ4v) is 2.73. The number of hydrogen-bond acceptors (Lipinski definition) is 3. The van der Waals surface area contributed by atoms with Gasteiger partial charge in [-0.05, 0) is 13.3 Å². The van der Waals surface area contributed by atoms with Gasteiger partial charge in [0.25, 0.3) is 5.24 Å². The standard InChI is InChI=1S/C9H16N2O2S/c1-3-4-7-5-11(9(13)14-7)6(2)8(10)12/h6-7H,3-5H2,1-2H3,(H2,10,12). The summed E-state index contributed by atoms with van der Waals surface area (Å²) in [7, 11) is 0. The summed E-state index contributed by atoms with van der Waals surface area (Å²) in [6.07, 6.45) is 2.07. The Hall–Kier alpha value is -0.710. The van der Waals surface area contributed by atoms with Crippen LogP contribution in [0.15, 0.2) is 0 Å². The van der Waals surface area contributed by atoms with E-state index >= 15 is 0 Å². The van der Waals surface area contributed by atoms with Crippen LogP contribution in [0, 0.1) is 0 Å². The molecule has 80 valence electrons. The second-order valence-electron chi connectivity index (χ2n) is 3.53. The summed E-state index contributed by atoms with van der Waals surface area (Å²) < 4.78 is 0. The average molecular weight is 216 g/mol. The van der Waals surface area contributed by atoms with E-state index in [0.29, 0.717) is 11.8 Å². The molecule has 1 heterocycles. The Bertz CT molecular complexity index is 245. The molecule has 1 aliphatic heterocycles. The number of nitrogens with two attached hydrogens (primary N) is 1. The third-order valence-corrected chi connectivity index (χ3v) is 3.55. The van der Waals surface area contributed by atoms with Crippen LogP contribution in [0.25, 0.3) is 0 Å². The zero-order valence-corrected chi connectivity index (χ0v) is 9.34. The van der Waals surface area contributed by atoms with Crippen LogP contribution >= 0.6 is 11.8 Å². The molecule has 2 N–H and O–H groups in total. The van der Waals surface area contributed by atoms with Crippen LogP contribution in [0.4, 0.5) is 4.79 Å². The highest BCUT2D eigenvalue weighted by atomic mass is 32.2. The number of rotatable bonds is 4. The summed E-state index contributed by atoms with van der Waals surface area (Å²) in [6.45, 7) is 4.42. The van der Waals surface area contributed by atoms with Gasteiger partial charge < -0.3 is 10.6 Å². The monoisotopic (exact) mass is 216 g/mol. The molecule has 0 aromatic carbocycles. The average Bonchev–Trinajstić information content (AvgIpc) is 2.46. The third kappa shape index (κ3) is 2.41. The van der Waals surface area contributed by atoms with Crippen LogP contribution < -0.4 is 5.73 Å². The van der Waals surface area contributed by atoms with Crippen LogP contribution in [0.1, 0.15) is 26.7 Å². The largest absolute Gasteiger partial charge is 0.368 e. The molecule has 2 unspecified atom stereocenters. The van der Waals surface area contributed by atoms with Gasteiger partial charge in [-0.15, -0.1) is 0 Å². The topological polar surface area (TPSA) is 63.4 Å². The van der Waals surface area contributed by atoms with Crippen molar-refractivity contribution in [2.45, 2.75) is 38.0 Å². The Balaban J connectivity index is 2.56. The first-order valence-corrected chi connectivity index (χ1v) is 5.70. The molecule has 14 heavy (non-hydrogen) atoms. The molecule has 0 spiro atoms. The van der Waals surface area contributed by atoms with E-state index in [9.17, 15) is 9.59 Å². The van der Waals surface area contributed by atoms with Gasteiger partial charge in [-0.3, -0.25) is 9.59 Å². The first kappa shape index (κ1) is 11.4. The van der Waals surface area contributed by atoms with Gasteiger partial charge in [0.1, 0.15) is 6.04 Å². The van der Waals surface area contributed by atoms with Gasteiger partial charge in [0.15, 0.2) is 0 Å². The Morgan fingerprint density at radius 1 is 1.79 bits per heavy atom. The van der Waals surface area contributed by atoms with Crippen molar-refractivity contribution in [3.63, 3.8) is 0 Å². The van der Waals surface area contributed by atoms with Crippen LogP contribution in [0.3, 0.4) is 0 Å². The van der Waals surface area contributed by atoms with Crippen molar-refractivity contribution >= 4 is 22.9 Å². The molecule has 5 heteroatoms. The van der Waals surface area contributed by atoms with Gasteiger partial charge in [-0.1, -0.05) is 25.1 Å². The first-order chi connectivity index (χ1) is 6.56. The molecule has 0 bridgehead atoms. The van der Waals surface area contributed by atoms with Crippen molar-refractivity contribution in [2.75, 3.05) is 6.54 Å². The van der Waals surface area contributed by atoms with E-state index in [1.54, 1.807) is 11.8 Å². The molecule has 0 radical (unpaired) electrons. The normalized spacial score (nSPS) is 24.0. The maximum atomic E-state index is 11.5. The molecule has 1 rings (SSSR count). The molecule has 0 saturated carbocycles. The number of hydrogen-bond donors (Lipinski definition) is 1. The Kier molecular flexibility index (Phi) is 3.80. The lowest BCUT2D eigenvalue weighted by Gasteiger charge is -2.20. The predicted octanol–water partition coefficient (Wildman–Crippen LogP) is 1.20. The third-order valence-electron chi connectivity index (χ3n) is 2.39. The SMILES string of the molecule is CCCC1CN(C(C)C(N)=O)C(=O)S1. The minimum absolute atomic E-state index is 0.0187. The van der Waals surface area contributed by atoms with Crippen molar-refractivity contribution in [1.29, 1.82) is 0 Å². The highest BCUT2D eigenvalue weighted by Gasteiger charge is 2.34. The van der Waals surface area contributed by atoms with E-state index in [0.717, 1.165) is 12.8 Å². The molecular formula is C9H16N2O2S. The van der Waals surface area contributed by atoms with Crippen LogP contribution in [-0.2, 0) is 4.79 Å². The highest BCUT2D eigenvalue weighted by molar-refractivity contribution is 8.14. The van der Waals surface area contributed by atoms with Gasteiger partial charge in [0.2, 0.25) is 5.91 Å². The number of primary amides is 1. The molecule has 2 amide bonds. The molecular weight excluding hydrogens is 200 g/mol. The highest BCUT2D eigenvalue weighted by Crippen LogP contribution is 2.29. The van der Waals surface area contributed by atoms with E-state index in [2.05, 4.69) is 6.92 Å². The number of amides is 2.